The Kier molecular flexibility index (Phi) is 5.97. The summed E-state index contributed by atoms with van der Waals surface area (Å²) in [6.07, 6.45) is 1.87. The van der Waals surface area contributed by atoms with Crippen molar-refractivity contribution in [1.82, 2.24) is 9.21 Å². The van der Waals surface area contributed by atoms with E-state index in [-0.39, 0.29) is 16.8 Å². The van der Waals surface area contributed by atoms with E-state index < -0.39 is 10.0 Å². The van der Waals surface area contributed by atoms with Crippen LogP contribution < -0.4 is 0 Å². The van der Waals surface area contributed by atoms with Crippen molar-refractivity contribution < 1.29 is 13.2 Å². The fourth-order valence-corrected chi connectivity index (χ4v) is 5.20. The van der Waals surface area contributed by atoms with Gasteiger partial charge in [-0.15, -0.1) is 0 Å². The van der Waals surface area contributed by atoms with E-state index in [1.807, 2.05) is 49.1 Å². The first-order chi connectivity index (χ1) is 13.0. The van der Waals surface area contributed by atoms with Crippen LogP contribution in [0.15, 0.2) is 59.5 Å². The fourth-order valence-electron chi connectivity index (χ4n) is 3.70. The van der Waals surface area contributed by atoms with Crippen LogP contribution in [-0.4, -0.2) is 43.2 Å². The Morgan fingerprint density at radius 3 is 2.44 bits per heavy atom. The Morgan fingerprint density at radius 1 is 1.07 bits per heavy atom. The van der Waals surface area contributed by atoms with Gasteiger partial charge in [-0.25, -0.2) is 8.42 Å². The molecule has 1 fully saturated rings. The summed E-state index contributed by atoms with van der Waals surface area (Å²) >= 11 is 0. The van der Waals surface area contributed by atoms with Gasteiger partial charge in [0.1, 0.15) is 0 Å². The SMILES string of the molecule is CCN(CC)S(=O)(=O)c1cccc(C(=O)N2CCCC2c2ccccc2)c1. The first-order valence-electron chi connectivity index (χ1n) is 9.45. The third kappa shape index (κ3) is 3.92. The summed E-state index contributed by atoms with van der Waals surface area (Å²) in [7, 11) is -3.58. The molecule has 0 aliphatic carbocycles. The maximum atomic E-state index is 13.1. The lowest BCUT2D eigenvalue weighted by Gasteiger charge is -2.25. The molecule has 1 aliphatic rings. The molecule has 1 atom stereocenters. The quantitative estimate of drug-likeness (QED) is 0.761. The summed E-state index contributed by atoms with van der Waals surface area (Å²) in [5.41, 5.74) is 1.54. The molecule has 27 heavy (non-hydrogen) atoms. The number of hydrogen-bond acceptors (Lipinski definition) is 3. The lowest BCUT2D eigenvalue weighted by atomic mass is 10.0. The van der Waals surface area contributed by atoms with Crippen LogP contribution in [0.2, 0.25) is 0 Å². The van der Waals surface area contributed by atoms with E-state index in [2.05, 4.69) is 0 Å². The molecule has 1 unspecified atom stereocenters. The minimum atomic E-state index is -3.58. The number of benzene rings is 2. The summed E-state index contributed by atoms with van der Waals surface area (Å²) in [6, 6.07) is 16.5. The monoisotopic (exact) mass is 386 g/mol. The standard InChI is InChI=1S/C21H26N2O3S/c1-3-22(4-2)27(25,26)19-13-8-12-18(16-19)21(24)23-15-9-14-20(23)17-10-6-5-7-11-17/h5-8,10-13,16,20H,3-4,9,14-15H2,1-2H3. The highest BCUT2D eigenvalue weighted by atomic mass is 32.2. The third-order valence-corrected chi connectivity index (χ3v) is 7.17. The Bertz CT molecular complexity index is 893. The second kappa shape index (κ2) is 8.23. The van der Waals surface area contributed by atoms with Crippen molar-refractivity contribution in [2.24, 2.45) is 0 Å². The smallest absolute Gasteiger partial charge is 0.254 e. The van der Waals surface area contributed by atoms with Gasteiger partial charge in [0, 0.05) is 25.2 Å². The van der Waals surface area contributed by atoms with Gasteiger partial charge in [0.05, 0.1) is 10.9 Å². The normalized spacial score (nSPS) is 17.4. The molecule has 1 heterocycles. The summed E-state index contributed by atoms with van der Waals surface area (Å²) < 4.78 is 27.0. The van der Waals surface area contributed by atoms with Gasteiger partial charge in [-0.3, -0.25) is 4.79 Å². The molecule has 0 bridgehead atoms. The van der Waals surface area contributed by atoms with Gasteiger partial charge < -0.3 is 4.90 Å². The van der Waals surface area contributed by atoms with Crippen LogP contribution in [0.25, 0.3) is 0 Å². The Labute approximate surface area is 161 Å². The molecule has 1 saturated heterocycles. The number of likely N-dealkylation sites (tertiary alicyclic amines) is 1. The molecule has 0 radical (unpaired) electrons. The number of sulfonamides is 1. The fraction of sp³-hybridized carbons (Fsp3) is 0.381. The minimum Gasteiger partial charge on any atom is -0.332 e. The van der Waals surface area contributed by atoms with E-state index >= 15 is 0 Å². The summed E-state index contributed by atoms with van der Waals surface area (Å²) in [6.45, 7) is 5.11. The molecule has 0 N–H and O–H groups in total. The maximum absolute atomic E-state index is 13.1. The van der Waals surface area contributed by atoms with Crippen LogP contribution in [0.4, 0.5) is 0 Å². The Morgan fingerprint density at radius 2 is 1.78 bits per heavy atom. The van der Waals surface area contributed by atoms with Crippen LogP contribution in [0.3, 0.4) is 0 Å². The van der Waals surface area contributed by atoms with Crippen molar-refractivity contribution >= 4 is 15.9 Å². The Balaban J connectivity index is 1.90. The van der Waals surface area contributed by atoms with Crippen molar-refractivity contribution in [2.45, 2.75) is 37.6 Å². The molecule has 2 aromatic rings. The Hall–Kier alpha value is -2.18. The zero-order valence-electron chi connectivity index (χ0n) is 15.8. The second-order valence-electron chi connectivity index (χ2n) is 6.68. The third-order valence-electron chi connectivity index (χ3n) is 5.12. The number of rotatable bonds is 6. The van der Waals surface area contributed by atoms with E-state index in [0.717, 1.165) is 18.4 Å². The highest BCUT2D eigenvalue weighted by Crippen LogP contribution is 2.33. The zero-order valence-corrected chi connectivity index (χ0v) is 16.7. The highest BCUT2D eigenvalue weighted by Gasteiger charge is 2.31. The van der Waals surface area contributed by atoms with E-state index in [0.29, 0.717) is 25.2 Å². The molecule has 1 amide bonds. The van der Waals surface area contributed by atoms with Gasteiger partial charge in [0.15, 0.2) is 0 Å². The molecular weight excluding hydrogens is 360 g/mol. The van der Waals surface area contributed by atoms with Gasteiger partial charge in [-0.1, -0.05) is 50.2 Å². The van der Waals surface area contributed by atoms with Crippen molar-refractivity contribution in [2.75, 3.05) is 19.6 Å². The highest BCUT2D eigenvalue weighted by molar-refractivity contribution is 7.89. The van der Waals surface area contributed by atoms with Crippen molar-refractivity contribution in [3.63, 3.8) is 0 Å². The van der Waals surface area contributed by atoms with E-state index in [4.69, 9.17) is 0 Å². The van der Waals surface area contributed by atoms with Crippen LogP contribution in [-0.2, 0) is 10.0 Å². The minimum absolute atomic E-state index is 0.0433. The van der Waals surface area contributed by atoms with Gasteiger partial charge in [-0.2, -0.15) is 4.31 Å². The number of nitrogens with zero attached hydrogens (tertiary/aromatic N) is 2. The molecule has 1 aliphatic heterocycles. The second-order valence-corrected chi connectivity index (χ2v) is 8.62. The average molecular weight is 387 g/mol. The van der Waals surface area contributed by atoms with Crippen molar-refractivity contribution in [3.05, 3.63) is 65.7 Å². The van der Waals surface area contributed by atoms with E-state index in [1.54, 1.807) is 18.2 Å². The molecule has 144 valence electrons. The first kappa shape index (κ1) is 19.6. The molecule has 0 spiro atoms. The topological polar surface area (TPSA) is 57.7 Å². The van der Waals surface area contributed by atoms with Gasteiger partial charge in [-0.05, 0) is 36.6 Å². The van der Waals surface area contributed by atoms with Crippen LogP contribution in [0.1, 0.15) is 48.7 Å². The van der Waals surface area contributed by atoms with Crippen LogP contribution in [0, 0.1) is 0 Å². The van der Waals surface area contributed by atoms with Crippen LogP contribution in [0.5, 0.6) is 0 Å². The van der Waals surface area contributed by atoms with Gasteiger partial charge >= 0.3 is 0 Å². The molecular formula is C21H26N2O3S. The molecule has 3 rings (SSSR count). The first-order valence-corrected chi connectivity index (χ1v) is 10.9. The molecule has 2 aromatic carbocycles. The molecule has 0 saturated carbocycles. The number of hydrogen-bond donors (Lipinski definition) is 0. The number of carbonyl (C=O) groups is 1. The van der Waals surface area contributed by atoms with E-state index in [1.165, 1.54) is 10.4 Å². The van der Waals surface area contributed by atoms with Gasteiger partial charge in [0.2, 0.25) is 10.0 Å². The molecule has 0 aromatic heterocycles. The molecule has 6 heteroatoms. The van der Waals surface area contributed by atoms with E-state index in [9.17, 15) is 13.2 Å². The predicted molar refractivity (Wildman–Crippen MR) is 106 cm³/mol. The van der Waals surface area contributed by atoms with Gasteiger partial charge in [0.25, 0.3) is 5.91 Å². The van der Waals surface area contributed by atoms with Crippen molar-refractivity contribution in [3.8, 4) is 0 Å². The van der Waals surface area contributed by atoms with Crippen molar-refractivity contribution in [1.29, 1.82) is 0 Å². The summed E-state index contributed by atoms with van der Waals surface area (Å²) in [5, 5.41) is 0. The average Bonchev–Trinajstić information content (AvgIpc) is 3.19. The number of amides is 1. The maximum Gasteiger partial charge on any atom is 0.254 e. The largest absolute Gasteiger partial charge is 0.332 e. The summed E-state index contributed by atoms with van der Waals surface area (Å²) in [5.74, 6) is -0.113. The number of carbonyl (C=O) groups excluding carboxylic acids is 1. The predicted octanol–water partition coefficient (Wildman–Crippen LogP) is 3.69. The zero-order chi connectivity index (χ0) is 19.4. The molecule has 5 nitrogen and oxygen atoms in total. The lowest BCUT2D eigenvalue weighted by molar-refractivity contribution is 0.0735. The summed E-state index contributed by atoms with van der Waals surface area (Å²) in [4.78, 5) is 15.2. The lowest BCUT2D eigenvalue weighted by Crippen LogP contribution is -2.32. The van der Waals surface area contributed by atoms with Crippen LogP contribution >= 0.6 is 0 Å².